The van der Waals surface area contributed by atoms with Crippen LogP contribution in [-0.4, -0.2) is 43.7 Å². The Balaban J connectivity index is 2.06. The molecular formula is C13H19N3O2. The Bertz CT molecular complexity index is 396. The van der Waals surface area contributed by atoms with Crippen molar-refractivity contribution in [1.82, 2.24) is 10.3 Å². The van der Waals surface area contributed by atoms with Crippen LogP contribution in [0.25, 0.3) is 0 Å². The lowest BCUT2D eigenvalue weighted by molar-refractivity contribution is -0.122. The number of pyridine rings is 1. The third-order valence-corrected chi connectivity index (χ3v) is 3.24. The third-order valence-electron chi connectivity index (χ3n) is 3.24. The molecule has 0 saturated carbocycles. The van der Waals surface area contributed by atoms with Gasteiger partial charge in [-0.2, -0.15) is 0 Å². The van der Waals surface area contributed by atoms with Crippen LogP contribution in [0, 0.1) is 5.92 Å². The minimum atomic E-state index is -0.108. The van der Waals surface area contributed by atoms with Gasteiger partial charge in [-0.25, -0.2) is 0 Å². The molecule has 5 heteroatoms. The number of carbonyl (C=O) groups excluding carboxylic acids is 1. The van der Waals surface area contributed by atoms with E-state index in [1.54, 1.807) is 24.3 Å². The van der Waals surface area contributed by atoms with Gasteiger partial charge in [0.05, 0.1) is 19.1 Å². The van der Waals surface area contributed by atoms with Crippen molar-refractivity contribution < 1.29 is 9.53 Å². The fourth-order valence-corrected chi connectivity index (χ4v) is 2.20. The Hall–Kier alpha value is -1.46. The molecule has 0 bridgehead atoms. The molecule has 18 heavy (non-hydrogen) atoms. The average molecular weight is 249 g/mol. The van der Waals surface area contributed by atoms with Gasteiger partial charge in [-0.3, -0.25) is 9.78 Å². The first-order chi connectivity index (χ1) is 8.74. The number of nitrogens with zero attached hydrogens (tertiary/aromatic N) is 2. The Morgan fingerprint density at radius 2 is 2.22 bits per heavy atom. The second-order valence-electron chi connectivity index (χ2n) is 4.41. The van der Waals surface area contributed by atoms with Gasteiger partial charge in [0.15, 0.2) is 0 Å². The first-order valence-corrected chi connectivity index (χ1v) is 6.22. The average Bonchev–Trinajstić information content (AvgIpc) is 2.87. The Labute approximate surface area is 107 Å². The highest BCUT2D eigenvalue weighted by Gasteiger charge is 2.35. The number of nitrogens with one attached hydrogen (secondary N) is 1. The number of hydrogen-bond donors (Lipinski definition) is 1. The number of aromatic nitrogens is 1. The third kappa shape index (κ3) is 2.68. The van der Waals surface area contributed by atoms with Crippen molar-refractivity contribution in [3.05, 3.63) is 24.5 Å². The topological polar surface area (TPSA) is 54.5 Å². The summed E-state index contributed by atoms with van der Waals surface area (Å²) in [5.74, 6) is -0.0206. The summed E-state index contributed by atoms with van der Waals surface area (Å²) in [6.07, 6.45) is 3.37. The van der Waals surface area contributed by atoms with E-state index in [2.05, 4.69) is 10.3 Å². The van der Waals surface area contributed by atoms with Crippen molar-refractivity contribution in [2.24, 2.45) is 5.92 Å². The van der Waals surface area contributed by atoms with E-state index in [1.807, 2.05) is 19.1 Å². The predicted octanol–water partition coefficient (Wildman–Crippen LogP) is 0.669. The summed E-state index contributed by atoms with van der Waals surface area (Å²) in [7, 11) is 1.79. The maximum absolute atomic E-state index is 12.4. The van der Waals surface area contributed by atoms with Gasteiger partial charge in [0.1, 0.15) is 0 Å². The van der Waals surface area contributed by atoms with Crippen molar-refractivity contribution in [2.45, 2.75) is 13.0 Å². The van der Waals surface area contributed by atoms with Gasteiger partial charge in [0.25, 0.3) is 0 Å². The van der Waals surface area contributed by atoms with Crippen molar-refractivity contribution in [1.29, 1.82) is 0 Å². The molecular weight excluding hydrogens is 230 g/mol. The summed E-state index contributed by atoms with van der Waals surface area (Å²) in [6, 6.07) is 3.78. The maximum atomic E-state index is 12.4. The second-order valence-corrected chi connectivity index (χ2v) is 4.41. The van der Waals surface area contributed by atoms with Crippen LogP contribution in [0.4, 0.5) is 5.69 Å². The number of rotatable bonds is 4. The molecule has 1 aliphatic heterocycles. The van der Waals surface area contributed by atoms with Crippen molar-refractivity contribution >= 4 is 11.6 Å². The molecule has 1 amide bonds. The van der Waals surface area contributed by atoms with Crippen molar-refractivity contribution in [3.63, 3.8) is 0 Å². The molecule has 1 saturated heterocycles. The molecule has 2 rings (SSSR count). The molecule has 2 atom stereocenters. The van der Waals surface area contributed by atoms with Crippen LogP contribution in [0.15, 0.2) is 24.5 Å². The van der Waals surface area contributed by atoms with E-state index in [0.717, 1.165) is 12.2 Å². The van der Waals surface area contributed by atoms with E-state index in [0.29, 0.717) is 13.2 Å². The number of ether oxygens (including phenoxy) is 1. The normalized spacial score (nSPS) is 23.0. The molecule has 0 aromatic carbocycles. The summed E-state index contributed by atoms with van der Waals surface area (Å²) in [4.78, 5) is 18.0. The molecule has 0 spiro atoms. The molecule has 1 N–H and O–H groups in total. The van der Waals surface area contributed by atoms with E-state index < -0.39 is 0 Å². The first kappa shape index (κ1) is 13.0. The van der Waals surface area contributed by atoms with Crippen molar-refractivity contribution in [2.75, 3.05) is 31.7 Å². The van der Waals surface area contributed by atoms with Gasteiger partial charge >= 0.3 is 0 Å². The van der Waals surface area contributed by atoms with Gasteiger partial charge in [0.2, 0.25) is 5.91 Å². The highest BCUT2D eigenvalue weighted by atomic mass is 16.5. The summed E-state index contributed by atoms with van der Waals surface area (Å²) in [5, 5.41) is 3.30. The fourth-order valence-electron chi connectivity index (χ4n) is 2.20. The van der Waals surface area contributed by atoms with Gasteiger partial charge in [-0.1, -0.05) is 6.92 Å². The van der Waals surface area contributed by atoms with Crippen molar-refractivity contribution in [3.8, 4) is 0 Å². The minimum Gasteiger partial charge on any atom is -0.379 e. The second kappa shape index (κ2) is 5.93. The number of anilines is 1. The molecule has 5 nitrogen and oxygen atoms in total. The Morgan fingerprint density at radius 1 is 1.50 bits per heavy atom. The molecule has 1 aliphatic rings. The standard InChI is InChI=1S/C13H19N3O2/c1-3-15-12-9-18-8-11(12)13(17)16(2)10-4-6-14-7-5-10/h4-7,11-12,15H,3,8-9H2,1-2H3. The van der Waals surface area contributed by atoms with Crippen LogP contribution >= 0.6 is 0 Å². The largest absolute Gasteiger partial charge is 0.379 e. The minimum absolute atomic E-state index is 0.0876. The summed E-state index contributed by atoms with van der Waals surface area (Å²) in [5.41, 5.74) is 0.858. The molecule has 0 aliphatic carbocycles. The lowest BCUT2D eigenvalue weighted by Gasteiger charge is -2.24. The molecule has 98 valence electrons. The fraction of sp³-hybridized carbons (Fsp3) is 0.538. The van der Waals surface area contributed by atoms with Gasteiger partial charge in [0, 0.05) is 31.2 Å². The highest BCUT2D eigenvalue weighted by molar-refractivity contribution is 5.95. The maximum Gasteiger partial charge on any atom is 0.233 e. The SMILES string of the molecule is CCNC1COCC1C(=O)N(C)c1ccncc1. The Morgan fingerprint density at radius 3 is 2.89 bits per heavy atom. The lowest BCUT2D eigenvalue weighted by Crippen LogP contribution is -2.44. The van der Waals surface area contributed by atoms with Crippen LogP contribution in [0.2, 0.25) is 0 Å². The smallest absolute Gasteiger partial charge is 0.233 e. The predicted molar refractivity (Wildman–Crippen MR) is 69.4 cm³/mol. The summed E-state index contributed by atoms with van der Waals surface area (Å²) >= 11 is 0. The number of hydrogen-bond acceptors (Lipinski definition) is 4. The summed E-state index contributed by atoms with van der Waals surface area (Å²) < 4.78 is 5.41. The van der Waals surface area contributed by atoms with E-state index in [4.69, 9.17) is 4.74 Å². The molecule has 1 aromatic heterocycles. The number of likely N-dealkylation sites (N-methyl/N-ethyl adjacent to an activating group) is 1. The van der Waals surface area contributed by atoms with E-state index >= 15 is 0 Å². The lowest BCUT2D eigenvalue weighted by atomic mass is 10.0. The highest BCUT2D eigenvalue weighted by Crippen LogP contribution is 2.20. The zero-order chi connectivity index (χ0) is 13.0. The van der Waals surface area contributed by atoms with E-state index in [-0.39, 0.29) is 17.9 Å². The number of amides is 1. The number of carbonyl (C=O) groups is 1. The van der Waals surface area contributed by atoms with Crippen LogP contribution in [0.3, 0.4) is 0 Å². The van der Waals surface area contributed by atoms with Crippen LogP contribution in [0.1, 0.15) is 6.92 Å². The first-order valence-electron chi connectivity index (χ1n) is 6.22. The molecule has 2 unspecified atom stereocenters. The zero-order valence-corrected chi connectivity index (χ0v) is 10.8. The molecule has 2 heterocycles. The molecule has 1 fully saturated rings. The molecule has 0 radical (unpaired) electrons. The monoisotopic (exact) mass is 249 g/mol. The van der Waals surface area contributed by atoms with Gasteiger partial charge in [-0.05, 0) is 18.7 Å². The van der Waals surface area contributed by atoms with Gasteiger partial charge < -0.3 is 15.0 Å². The van der Waals surface area contributed by atoms with E-state index in [9.17, 15) is 4.79 Å². The van der Waals surface area contributed by atoms with Gasteiger partial charge in [-0.15, -0.1) is 0 Å². The Kier molecular flexibility index (Phi) is 4.28. The van der Waals surface area contributed by atoms with Crippen LogP contribution in [-0.2, 0) is 9.53 Å². The van der Waals surface area contributed by atoms with E-state index in [1.165, 1.54) is 0 Å². The van der Waals surface area contributed by atoms with Crippen LogP contribution in [0.5, 0.6) is 0 Å². The quantitative estimate of drug-likeness (QED) is 0.852. The zero-order valence-electron chi connectivity index (χ0n) is 10.8. The molecule has 1 aromatic rings. The summed E-state index contributed by atoms with van der Waals surface area (Å²) in [6.45, 7) is 3.98. The van der Waals surface area contributed by atoms with Crippen LogP contribution < -0.4 is 10.2 Å².